The van der Waals surface area contributed by atoms with Crippen LogP contribution in [0.5, 0.6) is 0 Å². The molecule has 4 aliphatic rings. The van der Waals surface area contributed by atoms with Crippen molar-refractivity contribution >= 4 is 52.1 Å². The first-order valence-corrected chi connectivity index (χ1v) is 14.9. The van der Waals surface area contributed by atoms with Gasteiger partial charge in [0.2, 0.25) is 17.4 Å². The number of aliphatic hydroxyl groups is 1. The van der Waals surface area contributed by atoms with Crippen molar-refractivity contribution in [1.82, 2.24) is 34.5 Å². The first-order valence-electron chi connectivity index (χ1n) is 13.3. The summed E-state index contributed by atoms with van der Waals surface area (Å²) in [6.07, 6.45) is 4.01. The summed E-state index contributed by atoms with van der Waals surface area (Å²) in [6, 6.07) is -0.389. The predicted octanol–water partition coefficient (Wildman–Crippen LogP) is -0.935. The van der Waals surface area contributed by atoms with Gasteiger partial charge in [0.05, 0.1) is 12.1 Å². The van der Waals surface area contributed by atoms with Crippen LogP contribution in [-0.2, 0) is 14.4 Å². The molecule has 0 aromatic carbocycles. The minimum Gasteiger partial charge on any atom is -0.477 e. The number of nitrogens with one attached hydrogen (secondary N) is 3. The van der Waals surface area contributed by atoms with Crippen molar-refractivity contribution in [1.29, 1.82) is 0 Å². The molecule has 1 aromatic heterocycles. The minimum atomic E-state index is -1.11. The zero-order valence-corrected chi connectivity index (χ0v) is 24.0. The van der Waals surface area contributed by atoms with E-state index in [4.69, 9.17) is 5.73 Å². The summed E-state index contributed by atoms with van der Waals surface area (Å²) in [7, 11) is 1.84. The van der Waals surface area contributed by atoms with Gasteiger partial charge < -0.3 is 46.3 Å². The van der Waals surface area contributed by atoms with E-state index in [2.05, 4.69) is 30.5 Å². The molecule has 0 radical (unpaired) electrons. The molecule has 3 saturated heterocycles. The highest BCUT2D eigenvalue weighted by atomic mass is 32.2. The molecular weight excluding hydrogens is 574 g/mol. The highest BCUT2D eigenvalue weighted by Crippen LogP contribution is 2.46. The average Bonchev–Trinajstić information content (AvgIpc) is 3.67. The number of carboxylic acid groups (broad SMARTS) is 1. The quantitative estimate of drug-likeness (QED) is 0.0563. The number of allylic oxidation sites excluding steroid dienone is 2. The third-order valence-electron chi connectivity index (χ3n) is 7.80. The van der Waals surface area contributed by atoms with Gasteiger partial charge in [0.15, 0.2) is 5.13 Å². The lowest BCUT2D eigenvalue weighted by Gasteiger charge is -2.50. The number of oxime groups is 1. The molecule has 41 heavy (non-hydrogen) atoms. The first-order chi connectivity index (χ1) is 19.7. The number of aliphatic hydroxyl groups excluding tert-OH is 1. The molecule has 1 aromatic rings. The van der Waals surface area contributed by atoms with Gasteiger partial charge in [-0.3, -0.25) is 9.59 Å². The van der Waals surface area contributed by atoms with Crippen LogP contribution in [0.25, 0.3) is 0 Å². The van der Waals surface area contributed by atoms with Crippen LogP contribution in [0.3, 0.4) is 0 Å². The molecule has 3 fully saturated rings. The Bertz CT molecular complexity index is 1300. The number of aliphatic carboxylic acids is 1. The van der Waals surface area contributed by atoms with Crippen LogP contribution < -0.4 is 21.7 Å². The van der Waals surface area contributed by atoms with Gasteiger partial charge >= 0.3 is 5.97 Å². The number of nitrogen functional groups attached to an aromatic ring is 1. The number of carboxylic acids is 1. The molecule has 17 heteroatoms. The maximum absolute atomic E-state index is 13.3. The fraction of sp³-hybridized carbons (Fsp3) is 0.583. The van der Waals surface area contributed by atoms with Crippen molar-refractivity contribution in [3.63, 3.8) is 0 Å². The van der Waals surface area contributed by atoms with Crippen molar-refractivity contribution in [3.05, 3.63) is 28.7 Å². The van der Waals surface area contributed by atoms with E-state index < -0.39 is 23.4 Å². The van der Waals surface area contributed by atoms with Gasteiger partial charge in [0, 0.05) is 42.3 Å². The minimum absolute atomic E-state index is 0.0233. The zero-order chi connectivity index (χ0) is 29.3. The maximum Gasteiger partial charge on any atom is 0.353 e. The van der Waals surface area contributed by atoms with Crippen LogP contribution in [0.15, 0.2) is 28.1 Å². The molecule has 15 nitrogen and oxygen atoms in total. The van der Waals surface area contributed by atoms with Crippen molar-refractivity contribution in [2.45, 2.75) is 61.7 Å². The van der Waals surface area contributed by atoms with Gasteiger partial charge in [-0.1, -0.05) is 5.16 Å². The number of aromatic nitrogens is 2. The van der Waals surface area contributed by atoms with Crippen molar-refractivity contribution in [3.8, 4) is 0 Å². The smallest absolute Gasteiger partial charge is 0.353 e. The summed E-state index contributed by atoms with van der Waals surface area (Å²) in [4.78, 5) is 44.0. The Morgan fingerprint density at radius 1 is 1.37 bits per heavy atom. The van der Waals surface area contributed by atoms with Crippen molar-refractivity contribution in [2.75, 3.05) is 32.4 Å². The summed E-state index contributed by atoms with van der Waals surface area (Å²) < 4.78 is 5.54. The Morgan fingerprint density at radius 2 is 2.17 bits per heavy atom. The third-order valence-corrected chi connectivity index (χ3v) is 9.68. The molecule has 8 N–H and O–H groups in total. The number of fused-ring (bicyclic) bond motifs is 1. The van der Waals surface area contributed by atoms with Gasteiger partial charge in [-0.15, -0.1) is 0 Å². The number of hydrogen-bond donors (Lipinski definition) is 7. The Morgan fingerprint density at radius 3 is 2.85 bits per heavy atom. The number of amides is 2. The molecule has 0 bridgehead atoms. The van der Waals surface area contributed by atoms with Crippen molar-refractivity contribution in [2.24, 2.45) is 5.16 Å². The van der Waals surface area contributed by atoms with E-state index in [-0.39, 0.29) is 46.4 Å². The Labute approximate surface area is 244 Å². The Hall–Kier alpha value is -3.25. The van der Waals surface area contributed by atoms with Gasteiger partial charge in [0.1, 0.15) is 11.1 Å². The molecule has 0 aliphatic carbocycles. The molecule has 3 unspecified atom stereocenters. The van der Waals surface area contributed by atoms with Gasteiger partial charge in [0.25, 0.3) is 5.91 Å². The predicted molar refractivity (Wildman–Crippen MR) is 151 cm³/mol. The van der Waals surface area contributed by atoms with E-state index in [1.54, 1.807) is 10.4 Å². The monoisotopic (exact) mass is 607 g/mol. The molecule has 5 heterocycles. The summed E-state index contributed by atoms with van der Waals surface area (Å²) in [5.41, 5.74) is 6.41. The van der Waals surface area contributed by atoms with E-state index in [0.29, 0.717) is 62.9 Å². The van der Waals surface area contributed by atoms with E-state index in [9.17, 15) is 29.8 Å². The SMILES string of the molecule is CNCCC(O)C1CC(N2CC/C(=C\C3=C(C(=O)O)N4S[C@@H](NC(=O)/C(=N\O)c5nsc(N)n5)[C@H]4CC3)C2=O)CN1. The lowest BCUT2D eigenvalue weighted by molar-refractivity contribution is -0.134. The zero-order valence-electron chi connectivity index (χ0n) is 22.3. The van der Waals surface area contributed by atoms with Crippen LogP contribution in [-0.4, -0.2) is 114 Å². The van der Waals surface area contributed by atoms with Crippen LogP contribution in [0, 0.1) is 0 Å². The lowest BCUT2D eigenvalue weighted by Crippen LogP contribution is -2.60. The van der Waals surface area contributed by atoms with Gasteiger partial charge in [-0.25, -0.2) is 4.79 Å². The first kappa shape index (κ1) is 29.2. The fourth-order valence-corrected chi connectivity index (χ4v) is 7.42. The standard InChI is InChI=1S/C24H33N9O6S2/c1-26-6-4-16(34)14-9-13(10-27-14)32-7-5-12(22(32)36)8-11-2-3-15-21(41-33(15)18(11)23(37)38)29-20(35)17(30-39)19-28-24(25)40-31-19/h8,13-16,21,26-27,34,39H,2-7,9-10H2,1H3,(H,29,35)(H,37,38)(H2,25,28,31)/b12-8+,30-17-/t13?,14?,15-,16?,21-/m1/s1. The second-order valence-corrected chi connectivity index (χ2v) is 12.2. The summed E-state index contributed by atoms with van der Waals surface area (Å²) in [6.45, 7) is 1.87. The van der Waals surface area contributed by atoms with E-state index in [0.717, 1.165) is 23.5 Å². The molecule has 5 atom stereocenters. The van der Waals surface area contributed by atoms with E-state index in [1.165, 1.54) is 0 Å². The molecule has 0 saturated carbocycles. The molecule has 2 amide bonds. The fourth-order valence-electron chi connectivity index (χ4n) is 5.70. The maximum atomic E-state index is 13.3. The Balaban J connectivity index is 1.23. The second kappa shape index (κ2) is 12.3. The number of carbonyl (C=O) groups is 3. The number of nitrogens with zero attached hydrogens (tertiary/aromatic N) is 5. The largest absolute Gasteiger partial charge is 0.477 e. The van der Waals surface area contributed by atoms with E-state index in [1.807, 2.05) is 11.9 Å². The number of likely N-dealkylation sites (tertiary alicyclic amines) is 1. The van der Waals surface area contributed by atoms with Crippen LogP contribution in [0.4, 0.5) is 5.13 Å². The molecule has 0 spiro atoms. The van der Waals surface area contributed by atoms with E-state index >= 15 is 0 Å². The Kier molecular flexibility index (Phi) is 8.79. The van der Waals surface area contributed by atoms with Crippen LogP contribution >= 0.6 is 23.5 Å². The topological polar surface area (TPSA) is 219 Å². The summed E-state index contributed by atoms with van der Waals surface area (Å²) in [5.74, 6) is -2.01. The number of nitrogens with two attached hydrogens (primary N) is 1. The number of anilines is 1. The molecule has 4 aliphatic heterocycles. The second-order valence-electron chi connectivity index (χ2n) is 10.3. The van der Waals surface area contributed by atoms with Crippen LogP contribution in [0.1, 0.15) is 37.9 Å². The normalized spacial score (nSPS) is 28.2. The third kappa shape index (κ3) is 5.90. The van der Waals surface area contributed by atoms with Gasteiger partial charge in [-0.05, 0) is 69.3 Å². The van der Waals surface area contributed by atoms with Gasteiger partial charge in [-0.2, -0.15) is 9.36 Å². The lowest BCUT2D eigenvalue weighted by atomic mass is 9.95. The number of hydrogen-bond acceptors (Lipinski definition) is 14. The van der Waals surface area contributed by atoms with Crippen molar-refractivity contribution < 1.29 is 29.8 Å². The average molecular weight is 608 g/mol. The summed E-state index contributed by atoms with van der Waals surface area (Å²) >= 11 is 2.01. The molecular formula is C24H33N9O6S2. The highest BCUT2D eigenvalue weighted by Gasteiger charge is 2.48. The number of rotatable bonds is 10. The highest BCUT2D eigenvalue weighted by molar-refractivity contribution is 7.99. The summed E-state index contributed by atoms with van der Waals surface area (Å²) in [5, 5.41) is 41.6. The van der Waals surface area contributed by atoms with Crippen LogP contribution in [0.2, 0.25) is 0 Å². The number of carbonyl (C=O) groups excluding carboxylic acids is 2. The molecule has 222 valence electrons. The molecule has 5 rings (SSSR count).